The molecule has 35 heavy (non-hydrogen) atoms. The third-order valence-corrected chi connectivity index (χ3v) is 8.08. The Morgan fingerprint density at radius 3 is 2.23 bits per heavy atom. The lowest BCUT2D eigenvalue weighted by Gasteiger charge is -2.40. The van der Waals surface area contributed by atoms with E-state index in [0.29, 0.717) is 38.9 Å². The fraction of sp³-hybridized carbons (Fsp3) is 0.464. The standard InChI is InChI=1S/C28H32N2O5/c31-25(30-16-24(26(32)33)28(18-30)13-7-14-28)12-5-6-15-29-27(34)35-17-23-21-10-3-1-8-19(21)20-9-2-4-11-22(20)23/h1-4,8-11,23-24H,5-7,12-18H2,(H,29,34)(H,32,33). The van der Waals surface area contributed by atoms with Gasteiger partial charge in [-0.1, -0.05) is 55.0 Å². The van der Waals surface area contributed by atoms with Crippen molar-refractivity contribution < 1.29 is 24.2 Å². The number of amides is 2. The zero-order valence-corrected chi connectivity index (χ0v) is 19.9. The van der Waals surface area contributed by atoms with Gasteiger partial charge in [0.2, 0.25) is 5.91 Å². The Kier molecular flexibility index (Phi) is 6.50. The number of ether oxygens (including phenoxy) is 1. The van der Waals surface area contributed by atoms with Gasteiger partial charge in [-0.15, -0.1) is 0 Å². The number of alkyl carbamates (subject to hydrolysis) is 1. The summed E-state index contributed by atoms with van der Waals surface area (Å²) >= 11 is 0. The molecule has 2 fully saturated rings. The number of fused-ring (bicyclic) bond motifs is 3. The molecule has 7 nitrogen and oxygen atoms in total. The number of carbonyl (C=O) groups is 3. The van der Waals surface area contributed by atoms with Gasteiger partial charge in [-0.3, -0.25) is 9.59 Å². The number of carbonyl (C=O) groups excluding carboxylic acids is 2. The first-order valence-electron chi connectivity index (χ1n) is 12.6. The molecular formula is C28H32N2O5. The summed E-state index contributed by atoms with van der Waals surface area (Å²) in [7, 11) is 0. The van der Waals surface area contributed by atoms with E-state index in [0.717, 1.165) is 19.3 Å². The Labute approximate surface area is 205 Å². The summed E-state index contributed by atoms with van der Waals surface area (Å²) in [5, 5.41) is 12.3. The lowest BCUT2D eigenvalue weighted by Crippen LogP contribution is -2.41. The molecule has 0 aromatic heterocycles. The highest BCUT2D eigenvalue weighted by Crippen LogP contribution is 2.51. The second-order valence-corrected chi connectivity index (χ2v) is 10.1. The fourth-order valence-electron chi connectivity index (χ4n) is 6.04. The number of nitrogens with one attached hydrogen (secondary N) is 1. The van der Waals surface area contributed by atoms with E-state index in [4.69, 9.17) is 4.74 Å². The highest BCUT2D eigenvalue weighted by atomic mass is 16.5. The van der Waals surface area contributed by atoms with E-state index in [9.17, 15) is 19.5 Å². The molecule has 1 saturated carbocycles. The summed E-state index contributed by atoms with van der Waals surface area (Å²) in [6, 6.07) is 16.4. The quantitative estimate of drug-likeness (QED) is 0.551. The first-order chi connectivity index (χ1) is 17.0. The lowest BCUT2D eigenvalue weighted by atomic mass is 9.63. The largest absolute Gasteiger partial charge is 0.481 e. The maximum Gasteiger partial charge on any atom is 0.407 e. The van der Waals surface area contributed by atoms with Crippen LogP contribution >= 0.6 is 0 Å². The van der Waals surface area contributed by atoms with Crippen molar-refractivity contribution in [2.45, 2.75) is 44.4 Å². The van der Waals surface area contributed by atoms with Crippen LogP contribution in [0.1, 0.15) is 55.6 Å². The number of nitrogens with zero attached hydrogens (tertiary/aromatic N) is 1. The van der Waals surface area contributed by atoms with Crippen LogP contribution in [0.4, 0.5) is 4.79 Å². The van der Waals surface area contributed by atoms with Gasteiger partial charge in [0.25, 0.3) is 0 Å². The Morgan fingerprint density at radius 2 is 1.66 bits per heavy atom. The molecule has 1 atom stereocenters. The summed E-state index contributed by atoms with van der Waals surface area (Å²) in [4.78, 5) is 38.2. The van der Waals surface area contributed by atoms with Crippen LogP contribution in [0, 0.1) is 11.3 Å². The number of likely N-dealkylation sites (tertiary alicyclic amines) is 1. The predicted octanol–water partition coefficient (Wildman–Crippen LogP) is 4.41. The fourth-order valence-corrected chi connectivity index (χ4v) is 6.04. The van der Waals surface area contributed by atoms with Crippen LogP contribution in [0.5, 0.6) is 0 Å². The maximum atomic E-state index is 12.6. The first kappa shape index (κ1) is 23.4. The van der Waals surface area contributed by atoms with Gasteiger partial charge in [-0.25, -0.2) is 4.79 Å². The number of hydrogen-bond donors (Lipinski definition) is 2. The minimum absolute atomic E-state index is 0.0150. The van der Waals surface area contributed by atoms with Crippen LogP contribution in [0.3, 0.4) is 0 Å². The van der Waals surface area contributed by atoms with E-state index >= 15 is 0 Å². The molecule has 184 valence electrons. The molecule has 1 spiro atoms. The summed E-state index contributed by atoms with van der Waals surface area (Å²) in [6.07, 6.45) is 4.08. The topological polar surface area (TPSA) is 95.9 Å². The van der Waals surface area contributed by atoms with Crippen LogP contribution in [-0.4, -0.2) is 54.2 Å². The Balaban J connectivity index is 1.03. The number of hydrogen-bond acceptors (Lipinski definition) is 4. The number of benzene rings is 2. The van der Waals surface area contributed by atoms with Crippen molar-refractivity contribution in [1.29, 1.82) is 0 Å². The second kappa shape index (κ2) is 9.72. The van der Waals surface area contributed by atoms with E-state index in [2.05, 4.69) is 29.6 Å². The minimum atomic E-state index is -0.785. The van der Waals surface area contributed by atoms with Crippen molar-refractivity contribution in [3.8, 4) is 11.1 Å². The van der Waals surface area contributed by atoms with Gasteiger partial charge in [0, 0.05) is 37.4 Å². The number of rotatable bonds is 8. The number of unbranched alkanes of at least 4 members (excludes halogenated alkanes) is 1. The van der Waals surface area contributed by atoms with Gasteiger partial charge < -0.3 is 20.1 Å². The smallest absolute Gasteiger partial charge is 0.407 e. The third-order valence-electron chi connectivity index (χ3n) is 8.08. The zero-order chi connectivity index (χ0) is 24.4. The highest BCUT2D eigenvalue weighted by Gasteiger charge is 2.54. The van der Waals surface area contributed by atoms with Gasteiger partial charge >= 0.3 is 12.1 Å². The normalized spacial score (nSPS) is 19.7. The molecule has 1 heterocycles. The van der Waals surface area contributed by atoms with Crippen molar-refractivity contribution in [2.24, 2.45) is 11.3 Å². The molecule has 1 aliphatic heterocycles. The molecule has 2 N–H and O–H groups in total. The van der Waals surface area contributed by atoms with Crippen LogP contribution in [-0.2, 0) is 14.3 Å². The molecule has 0 bridgehead atoms. The zero-order valence-electron chi connectivity index (χ0n) is 19.9. The molecule has 2 amide bonds. The third kappa shape index (κ3) is 4.51. The maximum absolute atomic E-state index is 12.6. The molecule has 1 saturated heterocycles. The molecule has 1 unspecified atom stereocenters. The summed E-state index contributed by atoms with van der Waals surface area (Å²) < 4.78 is 5.54. The van der Waals surface area contributed by atoms with Crippen LogP contribution in [0.15, 0.2) is 48.5 Å². The van der Waals surface area contributed by atoms with E-state index in [1.165, 1.54) is 22.3 Å². The average Bonchev–Trinajstić information content (AvgIpc) is 3.40. The van der Waals surface area contributed by atoms with E-state index < -0.39 is 18.0 Å². The molecule has 7 heteroatoms. The van der Waals surface area contributed by atoms with Crippen LogP contribution in [0.2, 0.25) is 0 Å². The summed E-state index contributed by atoms with van der Waals surface area (Å²) in [5.74, 6) is -1.18. The molecule has 5 rings (SSSR count). The number of carboxylic acids is 1. The molecule has 2 aliphatic carbocycles. The SMILES string of the molecule is O=C(NCCCCC(=O)N1CC(C(=O)O)C2(CCC2)C1)OCC1c2ccccc2-c2ccccc21. The lowest BCUT2D eigenvalue weighted by molar-refractivity contribution is -0.146. The summed E-state index contributed by atoms with van der Waals surface area (Å²) in [6.45, 7) is 1.61. The molecule has 0 radical (unpaired) electrons. The average molecular weight is 477 g/mol. The highest BCUT2D eigenvalue weighted by molar-refractivity contribution is 5.80. The van der Waals surface area contributed by atoms with Crippen molar-refractivity contribution in [2.75, 3.05) is 26.2 Å². The monoisotopic (exact) mass is 476 g/mol. The Hall–Kier alpha value is -3.35. The molecule has 2 aromatic rings. The van der Waals surface area contributed by atoms with Gasteiger partial charge in [0.1, 0.15) is 6.61 Å². The Morgan fingerprint density at radius 1 is 1.00 bits per heavy atom. The van der Waals surface area contributed by atoms with Gasteiger partial charge in [0.05, 0.1) is 5.92 Å². The molecule has 2 aromatic carbocycles. The van der Waals surface area contributed by atoms with Gasteiger partial charge in [-0.2, -0.15) is 0 Å². The van der Waals surface area contributed by atoms with Crippen molar-refractivity contribution in [3.63, 3.8) is 0 Å². The van der Waals surface area contributed by atoms with E-state index in [1.807, 2.05) is 24.3 Å². The van der Waals surface area contributed by atoms with Crippen LogP contribution < -0.4 is 5.32 Å². The Bertz CT molecular complexity index is 1080. The van der Waals surface area contributed by atoms with Gasteiger partial charge in [-0.05, 0) is 47.9 Å². The minimum Gasteiger partial charge on any atom is -0.481 e. The molecule has 3 aliphatic rings. The van der Waals surface area contributed by atoms with E-state index in [1.54, 1.807) is 4.90 Å². The van der Waals surface area contributed by atoms with Gasteiger partial charge in [0.15, 0.2) is 0 Å². The van der Waals surface area contributed by atoms with Crippen molar-refractivity contribution in [3.05, 3.63) is 59.7 Å². The van der Waals surface area contributed by atoms with E-state index in [-0.39, 0.29) is 23.8 Å². The molecular weight excluding hydrogens is 444 g/mol. The number of aliphatic carboxylic acids is 1. The van der Waals surface area contributed by atoms with Crippen molar-refractivity contribution >= 4 is 18.0 Å². The first-order valence-corrected chi connectivity index (χ1v) is 12.6. The number of carboxylic acid groups (broad SMARTS) is 1. The predicted molar refractivity (Wildman–Crippen MR) is 131 cm³/mol. The van der Waals surface area contributed by atoms with Crippen LogP contribution in [0.25, 0.3) is 11.1 Å². The summed E-state index contributed by atoms with van der Waals surface area (Å²) in [5.41, 5.74) is 4.54. The second-order valence-electron chi connectivity index (χ2n) is 10.1. The van der Waals surface area contributed by atoms with Crippen molar-refractivity contribution in [1.82, 2.24) is 10.2 Å².